The quantitative estimate of drug-likeness (QED) is 0.770. The van der Waals surface area contributed by atoms with Crippen LogP contribution in [0.25, 0.3) is 10.9 Å². The molecule has 0 bridgehead atoms. The summed E-state index contributed by atoms with van der Waals surface area (Å²) in [5, 5.41) is -0.328. The van der Waals surface area contributed by atoms with E-state index >= 15 is 0 Å². The van der Waals surface area contributed by atoms with Gasteiger partial charge in [-0.05, 0) is 19.2 Å². The van der Waals surface area contributed by atoms with E-state index in [1.165, 1.54) is 7.05 Å². The molecule has 5 nitrogen and oxygen atoms in total. The van der Waals surface area contributed by atoms with Crippen molar-refractivity contribution >= 4 is 22.7 Å². The maximum Gasteiger partial charge on any atom is 0.416 e. The Kier molecular flexibility index (Phi) is 4.83. The lowest BCUT2D eigenvalue weighted by Gasteiger charge is -2.27. The van der Waals surface area contributed by atoms with Gasteiger partial charge in [0.05, 0.1) is 23.0 Å². The van der Waals surface area contributed by atoms with Crippen LogP contribution < -0.4 is 11.2 Å². The fourth-order valence-electron chi connectivity index (χ4n) is 2.97. The molecular formula is C15H13F6N3O2S. The lowest BCUT2D eigenvalue weighted by molar-refractivity contribution is -0.147. The summed E-state index contributed by atoms with van der Waals surface area (Å²) in [6.45, 7) is -1.42. The van der Waals surface area contributed by atoms with Crippen molar-refractivity contribution in [3.63, 3.8) is 0 Å². The summed E-state index contributed by atoms with van der Waals surface area (Å²) in [7, 11) is 1.23. The van der Waals surface area contributed by atoms with Crippen LogP contribution >= 0.6 is 11.8 Å². The largest absolute Gasteiger partial charge is 0.416 e. The van der Waals surface area contributed by atoms with Crippen molar-refractivity contribution in [2.24, 2.45) is 0 Å². The molecule has 0 aliphatic carbocycles. The second-order valence-electron chi connectivity index (χ2n) is 6.23. The van der Waals surface area contributed by atoms with Gasteiger partial charge < -0.3 is 0 Å². The Balaban J connectivity index is 2.15. The first kappa shape index (κ1) is 19.8. The first-order chi connectivity index (χ1) is 12.4. The summed E-state index contributed by atoms with van der Waals surface area (Å²) in [5.74, 6) is 0.0261. The number of rotatable bonds is 2. The summed E-state index contributed by atoms with van der Waals surface area (Å²) in [4.78, 5) is 27.2. The number of hydrogen-bond acceptors (Lipinski definition) is 4. The van der Waals surface area contributed by atoms with E-state index in [9.17, 15) is 35.9 Å². The maximum absolute atomic E-state index is 13.1. The number of H-pyrrole nitrogens is 1. The maximum atomic E-state index is 13.1. The molecule has 0 saturated heterocycles. The SMILES string of the molecule is CN(CC(F)(F)F)C1CSc2cc(C(F)(F)F)cc3c(=O)[nH]c(=O)n(c23)C1. The van der Waals surface area contributed by atoms with Crippen molar-refractivity contribution in [2.45, 2.75) is 29.8 Å². The van der Waals surface area contributed by atoms with E-state index in [2.05, 4.69) is 0 Å². The number of aromatic amines is 1. The monoisotopic (exact) mass is 413 g/mol. The van der Waals surface area contributed by atoms with Crippen LogP contribution in [0.5, 0.6) is 0 Å². The molecule has 0 spiro atoms. The van der Waals surface area contributed by atoms with Gasteiger partial charge in [-0.25, -0.2) is 4.79 Å². The fourth-order valence-corrected chi connectivity index (χ4v) is 4.27. The molecule has 0 radical (unpaired) electrons. The minimum atomic E-state index is -4.71. The second kappa shape index (κ2) is 6.59. The molecule has 2 heterocycles. The summed E-state index contributed by atoms with van der Waals surface area (Å²) >= 11 is 0.891. The average molecular weight is 413 g/mol. The highest BCUT2D eigenvalue weighted by Crippen LogP contribution is 2.37. The Bertz CT molecular complexity index is 994. The number of likely N-dealkylation sites (N-methyl/N-ethyl adjacent to an activating group) is 1. The Morgan fingerprint density at radius 3 is 2.48 bits per heavy atom. The van der Waals surface area contributed by atoms with Crippen molar-refractivity contribution in [1.82, 2.24) is 14.5 Å². The van der Waals surface area contributed by atoms with Crippen molar-refractivity contribution < 1.29 is 26.3 Å². The number of alkyl halides is 6. The third-order valence-corrected chi connectivity index (χ3v) is 5.43. The molecule has 0 fully saturated rings. The molecule has 2 aromatic rings. The Morgan fingerprint density at radius 2 is 1.89 bits per heavy atom. The molecule has 1 aromatic carbocycles. The number of benzene rings is 1. The first-order valence-electron chi connectivity index (χ1n) is 7.64. The Morgan fingerprint density at radius 1 is 1.22 bits per heavy atom. The molecular weight excluding hydrogens is 400 g/mol. The molecule has 3 rings (SSSR count). The molecule has 0 amide bonds. The zero-order valence-electron chi connectivity index (χ0n) is 13.7. The number of nitrogens with zero attached hydrogens (tertiary/aromatic N) is 2. The van der Waals surface area contributed by atoms with Crippen LogP contribution in [0.4, 0.5) is 26.3 Å². The fraction of sp³-hybridized carbons (Fsp3) is 0.467. The smallest absolute Gasteiger partial charge is 0.292 e. The van der Waals surface area contributed by atoms with Gasteiger partial charge in [-0.1, -0.05) is 0 Å². The van der Waals surface area contributed by atoms with Crippen LogP contribution in [0.3, 0.4) is 0 Å². The zero-order valence-corrected chi connectivity index (χ0v) is 14.6. The molecule has 1 atom stereocenters. The molecule has 12 heteroatoms. The van der Waals surface area contributed by atoms with Gasteiger partial charge in [0, 0.05) is 23.2 Å². The van der Waals surface area contributed by atoms with E-state index in [0.717, 1.165) is 27.3 Å². The van der Waals surface area contributed by atoms with Crippen LogP contribution in [-0.2, 0) is 12.7 Å². The molecule has 27 heavy (non-hydrogen) atoms. The molecule has 148 valence electrons. The van der Waals surface area contributed by atoms with Crippen LogP contribution in [0.15, 0.2) is 26.6 Å². The van der Waals surface area contributed by atoms with Crippen LogP contribution in [-0.4, -0.2) is 46.0 Å². The van der Waals surface area contributed by atoms with Gasteiger partial charge in [-0.3, -0.25) is 19.2 Å². The molecule has 1 unspecified atom stereocenters. The molecule has 1 aliphatic rings. The highest BCUT2D eigenvalue weighted by atomic mass is 32.2. The third-order valence-electron chi connectivity index (χ3n) is 4.26. The minimum Gasteiger partial charge on any atom is -0.292 e. The normalized spacial score (nSPS) is 18.1. The van der Waals surface area contributed by atoms with E-state index in [1.807, 2.05) is 4.98 Å². The Labute approximate surface area is 152 Å². The molecule has 1 aromatic heterocycles. The van der Waals surface area contributed by atoms with Gasteiger partial charge >= 0.3 is 18.0 Å². The van der Waals surface area contributed by atoms with Crippen LogP contribution in [0, 0.1) is 0 Å². The zero-order chi connectivity index (χ0) is 20.1. The highest BCUT2D eigenvalue weighted by molar-refractivity contribution is 7.99. The molecule has 0 saturated carbocycles. The summed E-state index contributed by atoms with van der Waals surface area (Å²) in [5.41, 5.74) is -2.90. The van der Waals surface area contributed by atoms with Crippen LogP contribution in [0.1, 0.15) is 5.56 Å². The first-order valence-corrected chi connectivity index (χ1v) is 8.63. The lowest BCUT2D eigenvalue weighted by Crippen LogP contribution is -2.44. The topological polar surface area (TPSA) is 58.1 Å². The van der Waals surface area contributed by atoms with Gasteiger partial charge in [-0.15, -0.1) is 11.8 Å². The van der Waals surface area contributed by atoms with Gasteiger partial charge in [0.25, 0.3) is 5.56 Å². The molecule has 1 aliphatic heterocycles. The number of hydrogen-bond donors (Lipinski definition) is 1. The predicted molar refractivity (Wildman–Crippen MR) is 87.0 cm³/mol. The minimum absolute atomic E-state index is 0.00431. The number of nitrogens with one attached hydrogen (secondary N) is 1. The Hall–Kier alpha value is -1.95. The van der Waals surface area contributed by atoms with E-state index in [-0.39, 0.29) is 28.1 Å². The predicted octanol–water partition coefficient (Wildman–Crippen LogP) is 2.68. The highest BCUT2D eigenvalue weighted by Gasteiger charge is 2.35. The third kappa shape index (κ3) is 4.00. The van der Waals surface area contributed by atoms with Gasteiger partial charge in [0.2, 0.25) is 0 Å². The van der Waals surface area contributed by atoms with E-state index in [1.54, 1.807) is 0 Å². The van der Waals surface area contributed by atoms with Crippen molar-refractivity contribution in [3.05, 3.63) is 38.5 Å². The second-order valence-corrected chi connectivity index (χ2v) is 7.30. The van der Waals surface area contributed by atoms with Gasteiger partial charge in [0.15, 0.2) is 0 Å². The summed E-state index contributed by atoms with van der Waals surface area (Å²) in [6.07, 6.45) is -9.18. The number of aromatic nitrogens is 2. The summed E-state index contributed by atoms with van der Waals surface area (Å²) in [6, 6.07) is 0.688. The number of halogens is 6. The van der Waals surface area contributed by atoms with E-state index in [4.69, 9.17) is 0 Å². The standard InChI is InChI=1S/C15H13F6N3O2S/c1-23(6-14(16,17)18)8-4-24-11-9(12(25)22-13(24)26)2-7(15(19,20)21)3-10(11)27-5-8/h2-3,8H,4-6H2,1H3,(H,22,25,26). The van der Waals surface area contributed by atoms with Gasteiger partial charge in [-0.2, -0.15) is 26.3 Å². The van der Waals surface area contributed by atoms with E-state index < -0.39 is 41.8 Å². The van der Waals surface area contributed by atoms with Gasteiger partial charge in [0.1, 0.15) is 0 Å². The van der Waals surface area contributed by atoms with Crippen molar-refractivity contribution in [3.8, 4) is 0 Å². The molecule has 1 N–H and O–H groups in total. The average Bonchev–Trinajstić information content (AvgIpc) is 2.70. The van der Waals surface area contributed by atoms with Crippen LogP contribution in [0.2, 0.25) is 0 Å². The van der Waals surface area contributed by atoms with Crippen molar-refractivity contribution in [2.75, 3.05) is 19.3 Å². The summed E-state index contributed by atoms with van der Waals surface area (Å²) < 4.78 is 78.5. The van der Waals surface area contributed by atoms with Crippen molar-refractivity contribution in [1.29, 1.82) is 0 Å². The number of thioether (sulfide) groups is 1. The lowest BCUT2D eigenvalue weighted by atomic mass is 10.1. The van der Waals surface area contributed by atoms with E-state index in [0.29, 0.717) is 6.07 Å².